The van der Waals surface area contributed by atoms with Crippen molar-refractivity contribution in [2.24, 2.45) is 17.8 Å². The molecule has 3 rings (SSSR count). The average Bonchev–Trinajstić information content (AvgIpc) is 2.68. The van der Waals surface area contributed by atoms with Crippen LogP contribution in [0.3, 0.4) is 0 Å². The van der Waals surface area contributed by atoms with Crippen molar-refractivity contribution in [3.8, 4) is 0 Å². The van der Waals surface area contributed by atoms with Crippen LogP contribution in [-0.4, -0.2) is 10.1 Å². The lowest BCUT2D eigenvalue weighted by atomic mass is 10.0. The van der Waals surface area contributed by atoms with Gasteiger partial charge in [-0.05, 0) is 42.7 Å². The summed E-state index contributed by atoms with van der Waals surface area (Å²) in [6.07, 6.45) is 5.71. The molecule has 2 heteroatoms. The van der Waals surface area contributed by atoms with Crippen LogP contribution in [0.1, 0.15) is 31.1 Å². The molecule has 1 heterocycles. The fourth-order valence-corrected chi connectivity index (χ4v) is 3.08. The first-order valence-electron chi connectivity index (χ1n) is 5.19. The van der Waals surface area contributed by atoms with Crippen molar-refractivity contribution < 1.29 is 5.11 Å². The Morgan fingerprint density at radius 2 is 2.15 bits per heavy atom. The molecule has 0 aromatic carbocycles. The Balaban J connectivity index is 1.74. The van der Waals surface area contributed by atoms with E-state index < -0.39 is 0 Å². The van der Waals surface area contributed by atoms with E-state index >= 15 is 0 Å². The topological polar surface area (TPSA) is 36.0 Å². The van der Waals surface area contributed by atoms with Gasteiger partial charge in [0, 0.05) is 11.9 Å². The van der Waals surface area contributed by atoms with Gasteiger partial charge in [0.25, 0.3) is 0 Å². The zero-order valence-corrected chi connectivity index (χ0v) is 7.61. The van der Waals surface area contributed by atoms with E-state index in [2.05, 4.69) is 4.98 Å². The summed E-state index contributed by atoms with van der Waals surface area (Å²) in [7, 11) is 0. The van der Waals surface area contributed by atoms with E-state index in [0.717, 1.165) is 17.5 Å². The predicted molar refractivity (Wildman–Crippen MR) is 50.1 cm³/mol. The van der Waals surface area contributed by atoms with Crippen LogP contribution in [0.5, 0.6) is 0 Å². The highest BCUT2D eigenvalue weighted by Gasteiger charge is 2.56. The summed E-state index contributed by atoms with van der Waals surface area (Å²) < 4.78 is 0. The zero-order valence-electron chi connectivity index (χ0n) is 7.61. The Bertz CT molecular complexity index is 283. The van der Waals surface area contributed by atoms with Crippen LogP contribution in [0.2, 0.25) is 0 Å². The Morgan fingerprint density at radius 3 is 2.77 bits per heavy atom. The highest BCUT2D eigenvalue weighted by Crippen LogP contribution is 2.61. The average molecular weight is 177 g/mol. The quantitative estimate of drug-likeness (QED) is 0.713. The molecule has 0 spiro atoms. The van der Waals surface area contributed by atoms with E-state index in [1.807, 2.05) is 18.3 Å². The van der Waals surface area contributed by atoms with E-state index in [4.69, 9.17) is 0 Å². The Morgan fingerprint density at radius 1 is 1.38 bits per heavy atom. The van der Waals surface area contributed by atoms with Crippen molar-refractivity contribution in [1.29, 1.82) is 0 Å². The molecule has 3 unspecified atom stereocenters. The highest BCUT2D eigenvalue weighted by atomic mass is 16.3. The minimum atomic E-state index is -0.231. The third kappa shape index (κ3) is 1.05. The number of aliphatic hydroxyl groups is 1. The van der Waals surface area contributed by atoms with Crippen LogP contribution in [0.25, 0.3) is 0 Å². The van der Waals surface area contributed by atoms with Crippen LogP contribution < -0.4 is 0 Å². The molecule has 2 aliphatic rings. The van der Waals surface area contributed by atoms with Crippen LogP contribution in [0.15, 0.2) is 18.3 Å². The molecule has 2 fully saturated rings. The number of hydrogen-bond acceptors (Lipinski definition) is 1. The first-order chi connectivity index (χ1) is 6.38. The lowest BCUT2D eigenvalue weighted by Gasteiger charge is -2.10. The van der Waals surface area contributed by atoms with Crippen molar-refractivity contribution in [3.63, 3.8) is 0 Å². The molecule has 0 aliphatic heterocycles. The molecular formula is C11H15NO. The largest absolute Gasteiger partial charge is 0.387 e. The van der Waals surface area contributed by atoms with E-state index in [-0.39, 0.29) is 6.10 Å². The van der Waals surface area contributed by atoms with Gasteiger partial charge < -0.3 is 10.1 Å². The predicted octanol–water partition coefficient (Wildman–Crippen LogP) is 2.09. The van der Waals surface area contributed by atoms with Gasteiger partial charge in [-0.3, -0.25) is 0 Å². The molecule has 70 valence electrons. The molecule has 0 radical (unpaired) electrons. The van der Waals surface area contributed by atoms with E-state index in [1.165, 1.54) is 19.3 Å². The molecule has 0 saturated heterocycles. The fraction of sp³-hybridized carbons (Fsp3) is 0.636. The molecule has 2 nitrogen and oxygen atoms in total. The maximum Gasteiger partial charge on any atom is 0.0971 e. The first kappa shape index (κ1) is 7.63. The summed E-state index contributed by atoms with van der Waals surface area (Å²) in [4.78, 5) is 3.10. The second-order valence-corrected chi connectivity index (χ2v) is 4.41. The molecule has 1 aromatic heterocycles. The molecule has 3 atom stereocenters. The highest BCUT2D eigenvalue weighted by molar-refractivity contribution is 5.15. The summed E-state index contributed by atoms with van der Waals surface area (Å²) in [5.41, 5.74) is 0.999. The molecule has 0 bridgehead atoms. The number of fused-ring (bicyclic) bond motifs is 1. The number of hydrogen-bond donors (Lipinski definition) is 2. The molecule has 0 amide bonds. The van der Waals surface area contributed by atoms with Gasteiger partial charge in [-0.15, -0.1) is 0 Å². The maximum absolute atomic E-state index is 10.0. The number of aromatic amines is 1. The lowest BCUT2D eigenvalue weighted by Crippen LogP contribution is -2.04. The van der Waals surface area contributed by atoms with E-state index in [9.17, 15) is 5.11 Å². The lowest BCUT2D eigenvalue weighted by molar-refractivity contribution is 0.133. The molecule has 2 N–H and O–H groups in total. The van der Waals surface area contributed by atoms with E-state index in [1.54, 1.807) is 0 Å². The van der Waals surface area contributed by atoms with Crippen molar-refractivity contribution in [1.82, 2.24) is 4.98 Å². The molecule has 13 heavy (non-hydrogen) atoms. The second kappa shape index (κ2) is 2.61. The summed E-state index contributed by atoms with van der Waals surface area (Å²) in [6, 6.07) is 3.94. The third-order valence-corrected chi connectivity index (χ3v) is 3.78. The van der Waals surface area contributed by atoms with Crippen molar-refractivity contribution >= 4 is 0 Å². The number of rotatable bonds is 2. The Kier molecular flexibility index (Phi) is 1.53. The van der Waals surface area contributed by atoms with Gasteiger partial charge in [0.1, 0.15) is 0 Å². The molecule has 2 saturated carbocycles. The smallest absolute Gasteiger partial charge is 0.0971 e. The fourth-order valence-electron chi connectivity index (χ4n) is 3.08. The molecular weight excluding hydrogens is 162 g/mol. The minimum Gasteiger partial charge on any atom is -0.387 e. The van der Waals surface area contributed by atoms with Gasteiger partial charge in [-0.2, -0.15) is 0 Å². The maximum atomic E-state index is 10.0. The second-order valence-electron chi connectivity index (χ2n) is 4.41. The van der Waals surface area contributed by atoms with Crippen molar-refractivity contribution in [2.45, 2.75) is 25.4 Å². The van der Waals surface area contributed by atoms with Crippen LogP contribution >= 0.6 is 0 Å². The number of nitrogens with one attached hydrogen (secondary N) is 1. The van der Waals surface area contributed by atoms with Gasteiger partial charge in [-0.1, -0.05) is 6.42 Å². The SMILES string of the molecule is OC(c1ccc[nH]1)C1C2CCCC21. The van der Waals surface area contributed by atoms with Crippen LogP contribution in [0.4, 0.5) is 0 Å². The van der Waals surface area contributed by atoms with Gasteiger partial charge >= 0.3 is 0 Å². The Hall–Kier alpha value is -0.760. The first-order valence-corrected chi connectivity index (χ1v) is 5.19. The van der Waals surface area contributed by atoms with E-state index in [0.29, 0.717) is 5.92 Å². The van der Waals surface area contributed by atoms with Gasteiger partial charge in [-0.25, -0.2) is 0 Å². The zero-order chi connectivity index (χ0) is 8.84. The summed E-state index contributed by atoms with van der Waals surface area (Å²) in [5, 5.41) is 10.0. The van der Waals surface area contributed by atoms with Gasteiger partial charge in [0.05, 0.1) is 6.10 Å². The molecule has 1 aromatic rings. The standard InChI is InChI=1S/C11H15NO/c13-11(9-5-2-6-12-9)10-7-3-1-4-8(7)10/h2,5-8,10-13H,1,3-4H2. The summed E-state index contributed by atoms with van der Waals surface area (Å²) in [5.74, 6) is 2.23. The van der Waals surface area contributed by atoms with Crippen LogP contribution in [0, 0.1) is 17.8 Å². The monoisotopic (exact) mass is 177 g/mol. The molecule has 2 aliphatic carbocycles. The van der Waals surface area contributed by atoms with Crippen molar-refractivity contribution in [2.75, 3.05) is 0 Å². The normalized spacial score (nSPS) is 38.7. The number of aliphatic hydroxyl groups excluding tert-OH is 1. The third-order valence-electron chi connectivity index (χ3n) is 3.78. The van der Waals surface area contributed by atoms with Crippen LogP contribution in [-0.2, 0) is 0 Å². The minimum absolute atomic E-state index is 0.231. The number of H-pyrrole nitrogens is 1. The van der Waals surface area contributed by atoms with Gasteiger partial charge in [0.2, 0.25) is 0 Å². The Labute approximate surface area is 78.0 Å². The van der Waals surface area contributed by atoms with Crippen molar-refractivity contribution in [3.05, 3.63) is 24.0 Å². The number of aromatic nitrogens is 1. The summed E-state index contributed by atoms with van der Waals surface area (Å²) >= 11 is 0. The summed E-state index contributed by atoms with van der Waals surface area (Å²) in [6.45, 7) is 0. The van der Waals surface area contributed by atoms with Gasteiger partial charge in [0.15, 0.2) is 0 Å².